The van der Waals surface area contributed by atoms with Gasteiger partial charge in [0.15, 0.2) is 11.5 Å². The van der Waals surface area contributed by atoms with Crippen molar-refractivity contribution in [2.24, 2.45) is 0 Å². The van der Waals surface area contributed by atoms with Crippen molar-refractivity contribution < 1.29 is 14.2 Å². The molecule has 0 radical (unpaired) electrons. The van der Waals surface area contributed by atoms with Gasteiger partial charge in [0.2, 0.25) is 6.79 Å². The standard InChI is InChI=1S/C22H16ClNO3.ClH/c1-25-15-4-6-19-18(11-15)17(16-5-3-14(23)10-20(16)24-19)8-13-2-7-21-22(9-13)27-12-26-21;/h2-7,9-11H,8,12H2,1H3;1H. The highest BCUT2D eigenvalue weighted by atomic mass is 35.5. The molecule has 0 N–H and O–H groups in total. The summed E-state index contributed by atoms with van der Waals surface area (Å²) in [4.78, 5) is 4.79. The topological polar surface area (TPSA) is 40.6 Å². The molecule has 0 saturated carbocycles. The van der Waals surface area contributed by atoms with Gasteiger partial charge in [0.1, 0.15) is 5.75 Å². The van der Waals surface area contributed by atoms with Gasteiger partial charge in [0.05, 0.1) is 18.1 Å². The van der Waals surface area contributed by atoms with Crippen LogP contribution in [-0.4, -0.2) is 18.9 Å². The van der Waals surface area contributed by atoms with E-state index in [1.54, 1.807) is 7.11 Å². The molecule has 0 spiro atoms. The van der Waals surface area contributed by atoms with Crippen LogP contribution in [0.25, 0.3) is 21.8 Å². The Bertz CT molecular complexity index is 1190. The predicted octanol–water partition coefficient (Wildman–Crippen LogP) is 5.79. The number of pyridine rings is 1. The van der Waals surface area contributed by atoms with E-state index in [0.717, 1.165) is 51.0 Å². The van der Waals surface area contributed by atoms with Crippen molar-refractivity contribution in [3.63, 3.8) is 0 Å². The molecule has 1 aliphatic heterocycles. The van der Waals surface area contributed by atoms with E-state index in [2.05, 4.69) is 6.07 Å². The zero-order chi connectivity index (χ0) is 18.4. The van der Waals surface area contributed by atoms with Gasteiger partial charge in [-0.15, -0.1) is 12.4 Å². The summed E-state index contributed by atoms with van der Waals surface area (Å²) in [5.74, 6) is 2.39. The summed E-state index contributed by atoms with van der Waals surface area (Å²) in [5, 5.41) is 2.83. The molecule has 4 aromatic rings. The summed E-state index contributed by atoms with van der Waals surface area (Å²) >= 11 is 6.20. The van der Waals surface area contributed by atoms with E-state index in [4.69, 9.17) is 30.8 Å². The lowest BCUT2D eigenvalue weighted by molar-refractivity contribution is 0.174. The van der Waals surface area contributed by atoms with E-state index in [1.165, 1.54) is 5.56 Å². The zero-order valence-corrected chi connectivity index (χ0v) is 16.6. The second-order valence-electron chi connectivity index (χ2n) is 6.50. The Morgan fingerprint density at radius 1 is 0.929 bits per heavy atom. The number of hydrogen-bond donors (Lipinski definition) is 0. The Hall–Kier alpha value is -2.69. The molecule has 2 heterocycles. The molecule has 4 nitrogen and oxygen atoms in total. The Morgan fingerprint density at radius 2 is 1.79 bits per heavy atom. The third-order valence-corrected chi connectivity index (χ3v) is 5.11. The van der Waals surface area contributed by atoms with Crippen LogP contribution in [0.1, 0.15) is 11.1 Å². The molecule has 1 aromatic heterocycles. The molecule has 3 aromatic carbocycles. The number of nitrogens with zero attached hydrogens (tertiary/aromatic N) is 1. The minimum atomic E-state index is 0. The zero-order valence-electron chi connectivity index (χ0n) is 15.1. The first-order valence-corrected chi connectivity index (χ1v) is 9.03. The maximum Gasteiger partial charge on any atom is 0.231 e. The van der Waals surface area contributed by atoms with Crippen LogP contribution in [0.15, 0.2) is 54.6 Å². The van der Waals surface area contributed by atoms with Gasteiger partial charge in [-0.1, -0.05) is 23.7 Å². The Morgan fingerprint density at radius 3 is 2.64 bits per heavy atom. The van der Waals surface area contributed by atoms with Crippen LogP contribution >= 0.6 is 24.0 Å². The van der Waals surface area contributed by atoms with Crippen LogP contribution in [0, 0.1) is 0 Å². The van der Waals surface area contributed by atoms with Crippen molar-refractivity contribution >= 4 is 45.8 Å². The Labute approximate surface area is 173 Å². The van der Waals surface area contributed by atoms with Gasteiger partial charge in [-0.25, -0.2) is 4.98 Å². The highest BCUT2D eigenvalue weighted by molar-refractivity contribution is 6.31. The molecular weight excluding hydrogens is 397 g/mol. The highest BCUT2D eigenvalue weighted by Gasteiger charge is 2.16. The number of methoxy groups -OCH3 is 1. The van der Waals surface area contributed by atoms with Gasteiger partial charge in [-0.05, 0) is 60.0 Å². The Balaban J connectivity index is 0.00000192. The average molecular weight is 414 g/mol. The van der Waals surface area contributed by atoms with Crippen LogP contribution in [0.3, 0.4) is 0 Å². The third kappa shape index (κ3) is 3.19. The smallest absolute Gasteiger partial charge is 0.231 e. The van der Waals surface area contributed by atoms with E-state index >= 15 is 0 Å². The summed E-state index contributed by atoms with van der Waals surface area (Å²) in [6.45, 7) is 0.273. The van der Waals surface area contributed by atoms with Crippen molar-refractivity contribution in [2.75, 3.05) is 13.9 Å². The number of hydrogen-bond acceptors (Lipinski definition) is 4. The van der Waals surface area contributed by atoms with Crippen LogP contribution in [0.2, 0.25) is 5.02 Å². The maximum atomic E-state index is 6.20. The molecule has 0 bridgehead atoms. The molecule has 0 fully saturated rings. The quantitative estimate of drug-likeness (QED) is 0.398. The average Bonchev–Trinajstić information content (AvgIpc) is 3.15. The summed E-state index contributed by atoms with van der Waals surface area (Å²) < 4.78 is 16.4. The molecule has 142 valence electrons. The van der Waals surface area contributed by atoms with E-state index < -0.39 is 0 Å². The number of halogens is 2. The van der Waals surface area contributed by atoms with E-state index in [1.807, 2.05) is 48.5 Å². The van der Waals surface area contributed by atoms with Gasteiger partial charge in [-0.2, -0.15) is 0 Å². The first-order chi connectivity index (χ1) is 13.2. The fourth-order valence-electron chi connectivity index (χ4n) is 3.55. The number of ether oxygens (including phenoxy) is 3. The van der Waals surface area contributed by atoms with Crippen LogP contribution in [0.5, 0.6) is 17.2 Å². The molecule has 5 rings (SSSR count). The monoisotopic (exact) mass is 413 g/mol. The Kier molecular flexibility index (Phi) is 4.92. The SMILES string of the molecule is COc1ccc2nc3cc(Cl)ccc3c(Cc3ccc4c(c3)OCO4)c2c1.Cl. The molecule has 1 aliphatic rings. The van der Waals surface area contributed by atoms with Gasteiger partial charge in [-0.3, -0.25) is 0 Å². The fourth-order valence-corrected chi connectivity index (χ4v) is 3.72. The highest BCUT2D eigenvalue weighted by Crippen LogP contribution is 2.36. The van der Waals surface area contributed by atoms with Crippen molar-refractivity contribution in [3.8, 4) is 17.2 Å². The lowest BCUT2D eigenvalue weighted by Crippen LogP contribution is -1.96. The number of fused-ring (bicyclic) bond motifs is 3. The second-order valence-corrected chi connectivity index (χ2v) is 6.94. The number of rotatable bonds is 3. The summed E-state index contributed by atoms with van der Waals surface area (Å²) in [6, 6.07) is 17.9. The first-order valence-electron chi connectivity index (χ1n) is 8.66. The summed E-state index contributed by atoms with van der Waals surface area (Å²) in [6.07, 6.45) is 0.737. The molecule has 0 amide bonds. The molecule has 0 atom stereocenters. The molecule has 28 heavy (non-hydrogen) atoms. The van der Waals surface area contributed by atoms with Crippen molar-refractivity contribution in [2.45, 2.75) is 6.42 Å². The van der Waals surface area contributed by atoms with E-state index in [9.17, 15) is 0 Å². The molecule has 0 aliphatic carbocycles. The minimum Gasteiger partial charge on any atom is -0.497 e. The van der Waals surface area contributed by atoms with Crippen molar-refractivity contribution in [1.29, 1.82) is 0 Å². The van der Waals surface area contributed by atoms with Gasteiger partial charge < -0.3 is 14.2 Å². The van der Waals surface area contributed by atoms with Crippen molar-refractivity contribution in [3.05, 3.63) is 70.7 Å². The molecule has 0 unspecified atom stereocenters. The minimum absolute atomic E-state index is 0. The third-order valence-electron chi connectivity index (χ3n) is 4.87. The fraction of sp³-hybridized carbons (Fsp3) is 0.136. The maximum absolute atomic E-state index is 6.20. The number of aromatic nitrogens is 1. The summed E-state index contributed by atoms with van der Waals surface area (Å²) in [7, 11) is 1.67. The normalized spacial score (nSPS) is 12.2. The lowest BCUT2D eigenvalue weighted by Gasteiger charge is -2.13. The number of benzene rings is 3. The van der Waals surface area contributed by atoms with Gasteiger partial charge in [0.25, 0.3) is 0 Å². The largest absolute Gasteiger partial charge is 0.497 e. The molecular formula is C22H17Cl2NO3. The molecule has 0 saturated heterocycles. The van der Waals surface area contributed by atoms with Gasteiger partial charge >= 0.3 is 0 Å². The second kappa shape index (κ2) is 7.38. The van der Waals surface area contributed by atoms with E-state index in [-0.39, 0.29) is 19.2 Å². The lowest BCUT2D eigenvalue weighted by atomic mass is 9.96. The van der Waals surface area contributed by atoms with Crippen LogP contribution in [-0.2, 0) is 6.42 Å². The van der Waals surface area contributed by atoms with Crippen LogP contribution < -0.4 is 14.2 Å². The predicted molar refractivity (Wildman–Crippen MR) is 113 cm³/mol. The summed E-state index contributed by atoms with van der Waals surface area (Å²) in [5.41, 5.74) is 4.13. The van der Waals surface area contributed by atoms with Gasteiger partial charge in [0, 0.05) is 15.8 Å². The van der Waals surface area contributed by atoms with E-state index in [0.29, 0.717) is 5.02 Å². The first kappa shape index (κ1) is 18.7. The molecule has 6 heteroatoms. The van der Waals surface area contributed by atoms with Crippen molar-refractivity contribution in [1.82, 2.24) is 4.98 Å². The van der Waals surface area contributed by atoms with Crippen LogP contribution in [0.4, 0.5) is 0 Å².